The lowest BCUT2D eigenvalue weighted by molar-refractivity contribution is -0.119. The van der Waals surface area contributed by atoms with Crippen LogP contribution >= 0.6 is 0 Å². The summed E-state index contributed by atoms with van der Waals surface area (Å²) >= 11 is 0. The van der Waals surface area contributed by atoms with Crippen LogP contribution in [0.1, 0.15) is 78.1 Å². The molecule has 0 bridgehead atoms. The number of aliphatic hydroxyl groups is 1. The summed E-state index contributed by atoms with van der Waals surface area (Å²) in [7, 11) is 0. The number of Topliss-reactive ketones (excluding diaryl/α,β-unsaturated/α-hetero) is 1. The van der Waals surface area contributed by atoms with Crippen LogP contribution in [0.2, 0.25) is 0 Å². The first-order valence-corrected chi connectivity index (χ1v) is 12.3. The van der Waals surface area contributed by atoms with Gasteiger partial charge in [0.2, 0.25) is 0 Å². The first-order valence-electron chi connectivity index (χ1n) is 12.3. The standard InChI is InChI=1S/C26H39NO2/c1-25-12-10-19(28)16-18(25)6-7-20-21-8-9-23(26(21,2)13-11-22(20)25)24(29)17-27-14-4-3-5-15-27/h6,9,19-22,28H,3-5,7-8,10-17H2,1-2H3/t19-,20-,21-,22-,25-,26-/m0/s1. The van der Waals surface area contributed by atoms with E-state index in [9.17, 15) is 9.90 Å². The van der Waals surface area contributed by atoms with Crippen LogP contribution in [0.5, 0.6) is 0 Å². The smallest absolute Gasteiger partial charge is 0.173 e. The zero-order chi connectivity index (χ0) is 20.2. The van der Waals surface area contributed by atoms with Crippen molar-refractivity contribution < 1.29 is 9.90 Å². The number of hydrogen-bond donors (Lipinski definition) is 1. The number of carbonyl (C=O) groups excluding carboxylic acids is 1. The van der Waals surface area contributed by atoms with E-state index >= 15 is 0 Å². The van der Waals surface area contributed by atoms with Gasteiger partial charge in [-0.05, 0) is 105 Å². The van der Waals surface area contributed by atoms with E-state index in [2.05, 4.69) is 30.9 Å². The van der Waals surface area contributed by atoms with Gasteiger partial charge >= 0.3 is 0 Å². The predicted octanol–water partition coefficient (Wildman–Crippen LogP) is 4.90. The van der Waals surface area contributed by atoms with Crippen molar-refractivity contribution in [3.8, 4) is 0 Å². The summed E-state index contributed by atoms with van der Waals surface area (Å²) in [4.78, 5) is 15.7. The summed E-state index contributed by atoms with van der Waals surface area (Å²) in [6.45, 7) is 7.73. The van der Waals surface area contributed by atoms with E-state index in [4.69, 9.17) is 0 Å². The summed E-state index contributed by atoms with van der Waals surface area (Å²) in [5.74, 6) is 2.48. The van der Waals surface area contributed by atoms with E-state index < -0.39 is 0 Å². The molecule has 0 amide bonds. The number of allylic oxidation sites excluding steroid dienone is 2. The molecule has 1 saturated heterocycles. The number of carbonyl (C=O) groups is 1. The average molecular weight is 398 g/mol. The van der Waals surface area contributed by atoms with Gasteiger partial charge in [0.25, 0.3) is 0 Å². The molecular formula is C26H39NO2. The first kappa shape index (κ1) is 20.0. The topological polar surface area (TPSA) is 40.5 Å². The Morgan fingerprint density at radius 2 is 1.79 bits per heavy atom. The van der Waals surface area contributed by atoms with Crippen molar-refractivity contribution in [2.45, 2.75) is 84.2 Å². The van der Waals surface area contributed by atoms with Crippen molar-refractivity contribution in [1.82, 2.24) is 4.90 Å². The molecule has 29 heavy (non-hydrogen) atoms. The molecular weight excluding hydrogens is 358 g/mol. The fourth-order valence-corrected chi connectivity index (χ4v) is 8.05. The molecule has 5 rings (SSSR count). The molecule has 4 aliphatic carbocycles. The minimum absolute atomic E-state index is 0.0872. The van der Waals surface area contributed by atoms with Crippen molar-refractivity contribution in [3.05, 3.63) is 23.3 Å². The summed E-state index contributed by atoms with van der Waals surface area (Å²) in [5.41, 5.74) is 3.08. The quantitative estimate of drug-likeness (QED) is 0.689. The second-order valence-corrected chi connectivity index (χ2v) is 11.2. The van der Waals surface area contributed by atoms with E-state index in [1.54, 1.807) is 0 Å². The molecule has 0 radical (unpaired) electrons. The molecule has 0 aromatic rings. The van der Waals surface area contributed by atoms with Crippen LogP contribution in [0.25, 0.3) is 0 Å². The van der Waals surface area contributed by atoms with Crippen LogP contribution in [-0.2, 0) is 4.79 Å². The van der Waals surface area contributed by atoms with E-state index in [1.807, 2.05) is 0 Å². The molecule has 3 heteroatoms. The third-order valence-corrected chi connectivity index (χ3v) is 9.78. The van der Waals surface area contributed by atoms with Gasteiger partial charge < -0.3 is 5.11 Å². The van der Waals surface area contributed by atoms with E-state index in [-0.39, 0.29) is 16.9 Å². The number of aliphatic hydroxyl groups excluding tert-OH is 1. The van der Waals surface area contributed by atoms with Crippen LogP contribution in [0.3, 0.4) is 0 Å². The normalized spacial score (nSPS) is 44.9. The first-order chi connectivity index (χ1) is 13.9. The van der Waals surface area contributed by atoms with E-state index in [0.29, 0.717) is 24.2 Å². The van der Waals surface area contributed by atoms with Crippen molar-refractivity contribution in [2.75, 3.05) is 19.6 Å². The Kier molecular flexibility index (Phi) is 5.06. The lowest BCUT2D eigenvalue weighted by Crippen LogP contribution is -2.50. The second-order valence-electron chi connectivity index (χ2n) is 11.2. The minimum atomic E-state index is -0.133. The Morgan fingerprint density at radius 3 is 2.59 bits per heavy atom. The highest BCUT2D eigenvalue weighted by Gasteiger charge is 2.57. The Bertz CT molecular complexity index is 733. The molecule has 2 saturated carbocycles. The molecule has 3 nitrogen and oxygen atoms in total. The number of hydrogen-bond acceptors (Lipinski definition) is 3. The van der Waals surface area contributed by atoms with Crippen molar-refractivity contribution in [3.63, 3.8) is 0 Å². The molecule has 1 heterocycles. The summed E-state index contributed by atoms with van der Waals surface area (Å²) in [6, 6.07) is 0. The summed E-state index contributed by atoms with van der Waals surface area (Å²) in [5, 5.41) is 10.2. The molecule has 160 valence electrons. The molecule has 1 aliphatic heterocycles. The molecule has 0 spiro atoms. The Hall–Kier alpha value is -0.930. The van der Waals surface area contributed by atoms with Crippen molar-refractivity contribution >= 4 is 5.78 Å². The Morgan fingerprint density at radius 1 is 1.03 bits per heavy atom. The van der Waals surface area contributed by atoms with Crippen LogP contribution < -0.4 is 0 Å². The summed E-state index contributed by atoms with van der Waals surface area (Å²) in [6.07, 6.45) is 16.2. The minimum Gasteiger partial charge on any atom is -0.393 e. The van der Waals surface area contributed by atoms with E-state index in [0.717, 1.165) is 51.1 Å². The van der Waals surface area contributed by atoms with Gasteiger partial charge in [-0.15, -0.1) is 0 Å². The second kappa shape index (κ2) is 7.34. The Balaban J connectivity index is 1.34. The molecule has 0 aromatic carbocycles. The molecule has 0 aromatic heterocycles. The molecule has 1 N–H and O–H groups in total. The zero-order valence-corrected chi connectivity index (χ0v) is 18.5. The maximum atomic E-state index is 13.3. The highest BCUT2D eigenvalue weighted by atomic mass is 16.3. The lowest BCUT2D eigenvalue weighted by Gasteiger charge is -2.57. The fraction of sp³-hybridized carbons (Fsp3) is 0.808. The number of likely N-dealkylation sites (tertiary alicyclic amines) is 1. The van der Waals surface area contributed by atoms with Crippen molar-refractivity contribution in [1.29, 1.82) is 0 Å². The highest BCUT2D eigenvalue weighted by Crippen LogP contribution is 2.65. The maximum absolute atomic E-state index is 13.3. The highest BCUT2D eigenvalue weighted by molar-refractivity contribution is 5.98. The van der Waals surface area contributed by atoms with Gasteiger partial charge in [-0.25, -0.2) is 0 Å². The van der Waals surface area contributed by atoms with Gasteiger partial charge in [0.1, 0.15) is 0 Å². The van der Waals surface area contributed by atoms with Gasteiger partial charge in [-0.1, -0.05) is 38.0 Å². The number of rotatable bonds is 3. The Labute approximate surface area is 176 Å². The van der Waals surface area contributed by atoms with Gasteiger partial charge in [-0.3, -0.25) is 9.69 Å². The third-order valence-electron chi connectivity index (χ3n) is 9.78. The van der Waals surface area contributed by atoms with Crippen LogP contribution in [0, 0.1) is 28.6 Å². The number of fused-ring (bicyclic) bond motifs is 5. The average Bonchev–Trinajstić information content (AvgIpc) is 3.06. The molecule has 5 aliphatic rings. The number of ketones is 1. The molecule has 6 atom stereocenters. The lowest BCUT2D eigenvalue weighted by atomic mass is 9.47. The number of nitrogens with zero attached hydrogens (tertiary/aromatic N) is 1. The molecule has 0 unspecified atom stereocenters. The predicted molar refractivity (Wildman–Crippen MR) is 116 cm³/mol. The largest absolute Gasteiger partial charge is 0.393 e. The third kappa shape index (κ3) is 3.19. The summed E-state index contributed by atoms with van der Waals surface area (Å²) < 4.78 is 0. The van der Waals surface area contributed by atoms with Crippen LogP contribution in [0.15, 0.2) is 23.3 Å². The molecule has 3 fully saturated rings. The fourth-order valence-electron chi connectivity index (χ4n) is 8.05. The maximum Gasteiger partial charge on any atom is 0.173 e. The van der Waals surface area contributed by atoms with Crippen LogP contribution in [0.4, 0.5) is 0 Å². The van der Waals surface area contributed by atoms with Gasteiger partial charge in [-0.2, -0.15) is 0 Å². The zero-order valence-electron chi connectivity index (χ0n) is 18.5. The van der Waals surface area contributed by atoms with Gasteiger partial charge in [0.05, 0.1) is 12.6 Å². The van der Waals surface area contributed by atoms with Crippen molar-refractivity contribution in [2.24, 2.45) is 28.6 Å². The van der Waals surface area contributed by atoms with Gasteiger partial charge in [0.15, 0.2) is 5.78 Å². The van der Waals surface area contributed by atoms with Gasteiger partial charge in [0, 0.05) is 0 Å². The van der Waals surface area contributed by atoms with E-state index in [1.165, 1.54) is 43.3 Å². The SMILES string of the molecule is C[C@]12CC[C@H](O)CC1=CC[C@@H]1[C@@H]2CC[C@]2(C)C(C(=O)CN3CCCCC3)=CC[C@@H]12. The monoisotopic (exact) mass is 397 g/mol. The number of piperidine rings is 1. The van der Waals surface area contributed by atoms with Crippen LogP contribution in [-0.4, -0.2) is 41.5 Å².